The number of imide groups is 1. The van der Waals surface area contributed by atoms with E-state index in [0.717, 1.165) is 30.6 Å². The van der Waals surface area contributed by atoms with Crippen molar-refractivity contribution in [3.63, 3.8) is 0 Å². The average molecular weight is 352 g/mol. The molecule has 1 heterocycles. The van der Waals surface area contributed by atoms with Gasteiger partial charge in [-0.25, -0.2) is 9.69 Å². The van der Waals surface area contributed by atoms with Gasteiger partial charge < -0.3 is 5.11 Å². The highest BCUT2D eigenvalue weighted by molar-refractivity contribution is 9.10. The van der Waals surface area contributed by atoms with E-state index < -0.39 is 5.97 Å². The van der Waals surface area contributed by atoms with Crippen molar-refractivity contribution in [1.82, 2.24) is 0 Å². The first-order valence-electron chi connectivity index (χ1n) is 6.91. The highest BCUT2D eigenvalue weighted by atomic mass is 79.9. The van der Waals surface area contributed by atoms with Crippen LogP contribution in [0.15, 0.2) is 22.7 Å². The van der Waals surface area contributed by atoms with Crippen LogP contribution >= 0.6 is 15.9 Å². The Balaban J connectivity index is 2.02. The molecule has 0 spiro atoms. The number of amides is 2. The fraction of sp³-hybridized carbons (Fsp3) is 0.400. The topological polar surface area (TPSA) is 74.7 Å². The molecule has 1 saturated carbocycles. The van der Waals surface area contributed by atoms with E-state index in [4.69, 9.17) is 5.11 Å². The van der Waals surface area contributed by atoms with Crippen molar-refractivity contribution in [3.8, 4) is 0 Å². The van der Waals surface area contributed by atoms with Crippen LogP contribution in [0.3, 0.4) is 0 Å². The van der Waals surface area contributed by atoms with Crippen molar-refractivity contribution in [1.29, 1.82) is 0 Å². The zero-order chi connectivity index (χ0) is 15.1. The molecule has 21 heavy (non-hydrogen) atoms. The molecule has 1 saturated heterocycles. The van der Waals surface area contributed by atoms with Gasteiger partial charge in [0.25, 0.3) is 0 Å². The first kappa shape index (κ1) is 14.3. The van der Waals surface area contributed by atoms with Crippen molar-refractivity contribution in [3.05, 3.63) is 28.2 Å². The van der Waals surface area contributed by atoms with Gasteiger partial charge in [0.2, 0.25) is 11.8 Å². The molecular formula is C15H14BrNO4. The highest BCUT2D eigenvalue weighted by Crippen LogP contribution is 2.40. The lowest BCUT2D eigenvalue weighted by molar-refractivity contribution is -0.122. The number of anilines is 1. The number of carbonyl (C=O) groups is 3. The maximum Gasteiger partial charge on any atom is 0.335 e. The largest absolute Gasteiger partial charge is 0.478 e. The van der Waals surface area contributed by atoms with E-state index in [1.165, 1.54) is 12.1 Å². The molecule has 2 unspecified atom stereocenters. The minimum absolute atomic E-state index is 0.0508. The Labute approximate surface area is 130 Å². The Morgan fingerprint density at radius 2 is 1.67 bits per heavy atom. The molecule has 2 aliphatic rings. The lowest BCUT2D eigenvalue weighted by Crippen LogP contribution is -2.31. The van der Waals surface area contributed by atoms with Gasteiger partial charge in [-0.05, 0) is 31.0 Å². The fourth-order valence-corrected chi connectivity index (χ4v) is 3.72. The summed E-state index contributed by atoms with van der Waals surface area (Å²) in [6.07, 6.45) is 3.41. The third kappa shape index (κ3) is 2.37. The normalized spacial score (nSPS) is 25.1. The standard InChI is InChI=1S/C15H14BrNO4/c16-9-5-8(15(20)21)6-10(7-9)17-13(18)11-3-1-2-4-12(11)14(17)19/h5-7,11-12H,1-4H2,(H,20,21). The van der Waals surface area contributed by atoms with Gasteiger partial charge in [-0.3, -0.25) is 9.59 Å². The molecule has 2 amide bonds. The van der Waals surface area contributed by atoms with E-state index in [1.54, 1.807) is 6.07 Å². The molecule has 1 aromatic carbocycles. The first-order valence-corrected chi connectivity index (χ1v) is 7.70. The third-order valence-corrected chi connectivity index (χ3v) is 4.69. The lowest BCUT2D eigenvalue weighted by Gasteiger charge is -2.19. The van der Waals surface area contributed by atoms with Gasteiger partial charge >= 0.3 is 5.97 Å². The van der Waals surface area contributed by atoms with Crippen LogP contribution in [0.25, 0.3) is 0 Å². The molecule has 3 rings (SSSR count). The molecule has 0 bridgehead atoms. The number of hydrogen-bond donors (Lipinski definition) is 1. The summed E-state index contributed by atoms with van der Waals surface area (Å²) in [7, 11) is 0. The number of nitrogens with zero attached hydrogens (tertiary/aromatic N) is 1. The van der Waals surface area contributed by atoms with Crippen LogP contribution in [0.4, 0.5) is 5.69 Å². The highest BCUT2D eigenvalue weighted by Gasteiger charge is 2.48. The number of carboxylic acid groups (broad SMARTS) is 1. The maximum atomic E-state index is 12.5. The van der Waals surface area contributed by atoms with Crippen molar-refractivity contribution in [2.45, 2.75) is 25.7 Å². The molecule has 1 aliphatic carbocycles. The summed E-state index contributed by atoms with van der Waals surface area (Å²) >= 11 is 3.23. The minimum atomic E-state index is -1.09. The first-order chi connectivity index (χ1) is 9.99. The van der Waals surface area contributed by atoms with Crippen LogP contribution in [0.1, 0.15) is 36.0 Å². The van der Waals surface area contributed by atoms with Gasteiger partial charge in [-0.1, -0.05) is 28.8 Å². The van der Waals surface area contributed by atoms with E-state index in [9.17, 15) is 14.4 Å². The number of benzene rings is 1. The van der Waals surface area contributed by atoms with Crippen molar-refractivity contribution in [2.75, 3.05) is 4.90 Å². The fourth-order valence-electron chi connectivity index (χ4n) is 3.24. The zero-order valence-corrected chi connectivity index (χ0v) is 12.8. The van der Waals surface area contributed by atoms with Crippen LogP contribution < -0.4 is 4.90 Å². The molecule has 5 nitrogen and oxygen atoms in total. The van der Waals surface area contributed by atoms with Crippen molar-refractivity contribution in [2.24, 2.45) is 11.8 Å². The summed E-state index contributed by atoms with van der Waals surface area (Å²) < 4.78 is 0.535. The van der Waals surface area contributed by atoms with Gasteiger partial charge in [-0.15, -0.1) is 0 Å². The minimum Gasteiger partial charge on any atom is -0.478 e. The second kappa shape index (κ2) is 5.26. The maximum absolute atomic E-state index is 12.5. The Morgan fingerprint density at radius 3 is 2.19 bits per heavy atom. The van der Waals surface area contributed by atoms with E-state index in [-0.39, 0.29) is 29.2 Å². The van der Waals surface area contributed by atoms with Crippen LogP contribution in [0, 0.1) is 11.8 Å². The SMILES string of the molecule is O=C(O)c1cc(Br)cc(N2C(=O)C3CCCCC3C2=O)c1. The van der Waals surface area contributed by atoms with E-state index >= 15 is 0 Å². The number of fused-ring (bicyclic) bond motifs is 1. The number of rotatable bonds is 2. The van der Waals surface area contributed by atoms with Crippen LogP contribution in [-0.2, 0) is 9.59 Å². The predicted molar refractivity (Wildman–Crippen MR) is 79.0 cm³/mol. The van der Waals surface area contributed by atoms with E-state index in [2.05, 4.69) is 15.9 Å². The molecule has 1 N–H and O–H groups in total. The lowest BCUT2D eigenvalue weighted by atomic mass is 9.81. The van der Waals surface area contributed by atoms with Gasteiger partial charge in [-0.2, -0.15) is 0 Å². The number of halogens is 1. The second-order valence-electron chi connectivity index (χ2n) is 5.51. The summed E-state index contributed by atoms with van der Waals surface area (Å²) in [6, 6.07) is 4.43. The molecule has 6 heteroatoms. The van der Waals surface area contributed by atoms with Gasteiger partial charge in [0.05, 0.1) is 23.1 Å². The van der Waals surface area contributed by atoms with Gasteiger partial charge in [0.1, 0.15) is 0 Å². The smallest absolute Gasteiger partial charge is 0.335 e. The predicted octanol–water partition coefficient (Wildman–Crippen LogP) is 2.83. The van der Waals surface area contributed by atoms with E-state index in [1.807, 2.05) is 0 Å². The summed E-state index contributed by atoms with van der Waals surface area (Å²) in [5.74, 6) is -1.95. The Hall–Kier alpha value is -1.69. The molecule has 1 aliphatic heterocycles. The third-order valence-electron chi connectivity index (χ3n) is 4.23. The Bertz CT molecular complexity index is 619. The molecule has 110 valence electrons. The Kier molecular flexibility index (Phi) is 3.57. The van der Waals surface area contributed by atoms with Crippen LogP contribution in [-0.4, -0.2) is 22.9 Å². The monoisotopic (exact) mass is 351 g/mol. The summed E-state index contributed by atoms with van der Waals surface area (Å²) in [6.45, 7) is 0. The summed E-state index contributed by atoms with van der Waals surface area (Å²) in [4.78, 5) is 37.3. The zero-order valence-electron chi connectivity index (χ0n) is 11.2. The van der Waals surface area contributed by atoms with E-state index in [0.29, 0.717) is 10.2 Å². The molecule has 0 aromatic heterocycles. The molecule has 0 radical (unpaired) electrons. The molecular weight excluding hydrogens is 338 g/mol. The second-order valence-corrected chi connectivity index (χ2v) is 6.43. The number of aromatic carboxylic acids is 1. The number of carboxylic acids is 1. The van der Waals surface area contributed by atoms with Crippen molar-refractivity contribution < 1.29 is 19.5 Å². The molecule has 2 atom stereocenters. The Morgan fingerprint density at radius 1 is 1.10 bits per heavy atom. The van der Waals surface area contributed by atoms with Gasteiger partial charge in [0, 0.05) is 4.47 Å². The molecule has 1 aromatic rings. The van der Waals surface area contributed by atoms with Crippen LogP contribution in [0.5, 0.6) is 0 Å². The summed E-state index contributed by atoms with van der Waals surface area (Å²) in [5.41, 5.74) is 0.390. The average Bonchev–Trinajstić information content (AvgIpc) is 2.71. The van der Waals surface area contributed by atoms with Crippen molar-refractivity contribution >= 4 is 39.4 Å². The number of carbonyl (C=O) groups excluding carboxylic acids is 2. The quantitative estimate of drug-likeness (QED) is 0.831. The molecule has 2 fully saturated rings. The summed E-state index contributed by atoms with van der Waals surface area (Å²) in [5, 5.41) is 9.11. The number of hydrogen-bond acceptors (Lipinski definition) is 3. The van der Waals surface area contributed by atoms with Crippen LogP contribution in [0.2, 0.25) is 0 Å². The van der Waals surface area contributed by atoms with Gasteiger partial charge in [0.15, 0.2) is 0 Å².